The van der Waals surface area contributed by atoms with Gasteiger partial charge in [0.2, 0.25) is 5.69 Å². The van der Waals surface area contributed by atoms with Crippen molar-refractivity contribution in [1.82, 2.24) is 0 Å². The molecule has 2 aromatic carbocycles. The van der Waals surface area contributed by atoms with E-state index in [0.29, 0.717) is 0 Å². The molecule has 0 saturated heterocycles. The first-order valence-corrected chi connectivity index (χ1v) is 14.1. The molecule has 0 amide bonds. The number of aromatic nitrogens is 1. The molecular formula is C34H42NO+. The van der Waals surface area contributed by atoms with E-state index in [-0.39, 0.29) is 10.8 Å². The molecule has 0 spiro atoms. The van der Waals surface area contributed by atoms with E-state index in [1.807, 2.05) is 0 Å². The molecule has 0 bridgehead atoms. The number of para-hydroxylation sites is 1. The molecule has 0 aliphatic heterocycles. The van der Waals surface area contributed by atoms with Crippen LogP contribution in [0.2, 0.25) is 0 Å². The van der Waals surface area contributed by atoms with Gasteiger partial charge in [-0.05, 0) is 71.3 Å². The highest BCUT2D eigenvalue weighted by Gasteiger charge is 2.42. The van der Waals surface area contributed by atoms with E-state index in [0.717, 1.165) is 17.1 Å². The molecule has 2 heteroatoms. The van der Waals surface area contributed by atoms with Crippen molar-refractivity contribution in [3.05, 3.63) is 64.8 Å². The average molecular weight is 481 g/mol. The Hall–Kier alpha value is -2.61. The van der Waals surface area contributed by atoms with Crippen LogP contribution in [-0.4, -0.2) is 0 Å². The molecular weight excluding hydrogens is 438 g/mol. The van der Waals surface area contributed by atoms with Gasteiger partial charge in [-0.1, -0.05) is 78.0 Å². The fourth-order valence-corrected chi connectivity index (χ4v) is 7.50. The van der Waals surface area contributed by atoms with Crippen LogP contribution < -0.4 is 4.57 Å². The van der Waals surface area contributed by atoms with Gasteiger partial charge in [0, 0.05) is 22.9 Å². The molecule has 6 rings (SSSR count). The van der Waals surface area contributed by atoms with Gasteiger partial charge in [-0.15, -0.1) is 0 Å². The van der Waals surface area contributed by atoms with Crippen LogP contribution in [0.25, 0.3) is 33.2 Å². The van der Waals surface area contributed by atoms with E-state index in [2.05, 4.69) is 88.8 Å². The van der Waals surface area contributed by atoms with Crippen molar-refractivity contribution in [2.24, 2.45) is 13.0 Å². The second-order valence-corrected chi connectivity index (χ2v) is 13.1. The van der Waals surface area contributed by atoms with Crippen LogP contribution in [0.1, 0.15) is 94.9 Å². The maximum Gasteiger partial charge on any atom is 0.216 e. The Balaban J connectivity index is 1.66. The van der Waals surface area contributed by atoms with Crippen molar-refractivity contribution >= 4 is 21.9 Å². The maximum absolute atomic E-state index is 6.78. The Morgan fingerprint density at radius 3 is 2.36 bits per heavy atom. The Labute approximate surface area is 216 Å². The van der Waals surface area contributed by atoms with Crippen LogP contribution >= 0.6 is 0 Å². The number of benzene rings is 2. The highest BCUT2D eigenvalue weighted by Crippen LogP contribution is 2.54. The first-order chi connectivity index (χ1) is 17.2. The SMILES string of the molecule is Cc1c2c(c3c(oc4ccccc43)c1-c1cc(CC3CCCCC3)cc[n+]1C)C(C)(C)CCC2(C)C. The molecule has 0 N–H and O–H groups in total. The zero-order valence-electron chi connectivity index (χ0n) is 23.1. The summed E-state index contributed by atoms with van der Waals surface area (Å²) in [5.41, 5.74) is 10.8. The first-order valence-electron chi connectivity index (χ1n) is 14.1. The second kappa shape index (κ2) is 8.47. The van der Waals surface area contributed by atoms with Crippen LogP contribution in [0, 0.1) is 12.8 Å². The summed E-state index contributed by atoms with van der Waals surface area (Å²) in [6.07, 6.45) is 12.8. The molecule has 2 aliphatic carbocycles. The minimum absolute atomic E-state index is 0.115. The van der Waals surface area contributed by atoms with Gasteiger partial charge >= 0.3 is 0 Å². The lowest BCUT2D eigenvalue weighted by Gasteiger charge is -2.43. The second-order valence-electron chi connectivity index (χ2n) is 13.1. The van der Waals surface area contributed by atoms with Gasteiger partial charge in [0.15, 0.2) is 6.20 Å². The maximum atomic E-state index is 6.78. The van der Waals surface area contributed by atoms with Crippen molar-refractivity contribution in [2.75, 3.05) is 0 Å². The molecule has 0 atom stereocenters. The van der Waals surface area contributed by atoms with Crippen LogP contribution in [0.3, 0.4) is 0 Å². The molecule has 2 nitrogen and oxygen atoms in total. The zero-order valence-corrected chi connectivity index (χ0v) is 23.1. The van der Waals surface area contributed by atoms with Crippen LogP contribution in [-0.2, 0) is 24.3 Å². The van der Waals surface area contributed by atoms with E-state index in [1.54, 1.807) is 5.56 Å². The van der Waals surface area contributed by atoms with E-state index >= 15 is 0 Å². The van der Waals surface area contributed by atoms with E-state index in [9.17, 15) is 0 Å². The molecule has 0 radical (unpaired) electrons. The Bertz CT molecular complexity index is 1460. The summed E-state index contributed by atoms with van der Waals surface area (Å²) in [4.78, 5) is 0. The van der Waals surface area contributed by atoms with Crippen molar-refractivity contribution in [1.29, 1.82) is 0 Å². The summed E-state index contributed by atoms with van der Waals surface area (Å²) in [5.74, 6) is 0.829. The zero-order chi connectivity index (χ0) is 25.2. The van der Waals surface area contributed by atoms with Crippen molar-refractivity contribution in [3.63, 3.8) is 0 Å². The topological polar surface area (TPSA) is 17.0 Å². The minimum atomic E-state index is 0.115. The van der Waals surface area contributed by atoms with Crippen LogP contribution in [0.5, 0.6) is 0 Å². The number of pyridine rings is 1. The summed E-state index contributed by atoms with van der Waals surface area (Å²) >= 11 is 0. The molecule has 2 heterocycles. The van der Waals surface area contributed by atoms with E-state index in [1.165, 1.54) is 90.1 Å². The highest BCUT2D eigenvalue weighted by atomic mass is 16.3. The number of hydrogen-bond donors (Lipinski definition) is 0. The average Bonchev–Trinajstić information content (AvgIpc) is 3.22. The van der Waals surface area contributed by atoms with Crippen molar-refractivity contribution in [3.8, 4) is 11.3 Å². The summed E-state index contributed by atoms with van der Waals surface area (Å²) in [7, 11) is 2.20. The van der Waals surface area contributed by atoms with Gasteiger partial charge in [0.1, 0.15) is 18.2 Å². The van der Waals surface area contributed by atoms with E-state index < -0.39 is 0 Å². The number of nitrogens with zero attached hydrogens (tertiary/aromatic N) is 1. The van der Waals surface area contributed by atoms with Gasteiger partial charge in [0.25, 0.3) is 0 Å². The normalized spacial score (nSPS) is 19.6. The summed E-state index contributed by atoms with van der Waals surface area (Å²) in [6, 6.07) is 13.5. The first kappa shape index (κ1) is 23.8. The largest absolute Gasteiger partial charge is 0.455 e. The van der Waals surface area contributed by atoms with E-state index in [4.69, 9.17) is 4.42 Å². The molecule has 1 saturated carbocycles. The molecule has 2 aromatic heterocycles. The van der Waals surface area contributed by atoms with Crippen LogP contribution in [0.15, 0.2) is 47.0 Å². The quantitative estimate of drug-likeness (QED) is 0.268. The molecule has 0 unspecified atom stereocenters. The van der Waals surface area contributed by atoms with Gasteiger partial charge in [-0.25, -0.2) is 4.57 Å². The predicted octanol–water partition coefficient (Wildman–Crippen LogP) is 8.86. The summed E-state index contributed by atoms with van der Waals surface area (Å²) < 4.78 is 9.09. The number of fused-ring (bicyclic) bond motifs is 5. The number of aryl methyl sites for hydroxylation is 1. The fraction of sp³-hybridized carbons (Fsp3) is 0.500. The fourth-order valence-electron chi connectivity index (χ4n) is 7.50. The van der Waals surface area contributed by atoms with Gasteiger partial charge in [-0.3, -0.25) is 0 Å². The third-order valence-corrected chi connectivity index (χ3v) is 9.52. The van der Waals surface area contributed by atoms with Gasteiger partial charge in [-0.2, -0.15) is 0 Å². The van der Waals surface area contributed by atoms with Crippen molar-refractivity contribution < 1.29 is 8.98 Å². The Kier molecular flexibility index (Phi) is 5.59. The summed E-state index contributed by atoms with van der Waals surface area (Å²) in [6.45, 7) is 12.1. The Morgan fingerprint density at radius 1 is 0.917 bits per heavy atom. The molecule has 36 heavy (non-hydrogen) atoms. The number of rotatable bonds is 3. The Morgan fingerprint density at radius 2 is 1.61 bits per heavy atom. The standard InChI is InChI=1S/C34H42NO/c1-22-28(26-21-24(16-19-35(26)6)20-23-12-8-7-9-13-23)32-29(25-14-10-11-15-27(25)36-32)31-30(22)33(2,3)17-18-34(31,4)5/h10-11,14-16,19,21,23H,7-9,12-13,17-18,20H2,1-6H3/q+1. The number of hydrogen-bond acceptors (Lipinski definition) is 1. The third kappa shape index (κ3) is 3.71. The summed E-state index contributed by atoms with van der Waals surface area (Å²) in [5, 5.41) is 2.61. The lowest BCUT2D eigenvalue weighted by atomic mass is 9.60. The minimum Gasteiger partial charge on any atom is -0.455 e. The smallest absolute Gasteiger partial charge is 0.216 e. The number of furan rings is 1. The molecule has 188 valence electrons. The molecule has 2 aliphatic rings. The predicted molar refractivity (Wildman–Crippen MR) is 151 cm³/mol. The highest BCUT2D eigenvalue weighted by molar-refractivity contribution is 6.12. The van der Waals surface area contributed by atoms with Gasteiger partial charge < -0.3 is 4.42 Å². The lowest BCUT2D eigenvalue weighted by Crippen LogP contribution is -2.36. The monoisotopic (exact) mass is 480 g/mol. The van der Waals surface area contributed by atoms with Crippen molar-refractivity contribution in [2.45, 2.75) is 96.8 Å². The lowest BCUT2D eigenvalue weighted by molar-refractivity contribution is -0.660. The van der Waals surface area contributed by atoms with Gasteiger partial charge in [0.05, 0.1) is 5.56 Å². The van der Waals surface area contributed by atoms with Crippen LogP contribution in [0.4, 0.5) is 0 Å². The molecule has 4 aromatic rings. The molecule has 1 fully saturated rings. The third-order valence-electron chi connectivity index (χ3n) is 9.52.